The zero-order valence-electron chi connectivity index (χ0n) is 20.0. The van der Waals surface area contributed by atoms with E-state index in [0.717, 1.165) is 39.0 Å². The lowest BCUT2D eigenvalue weighted by molar-refractivity contribution is -0.683. The second-order valence-corrected chi connectivity index (χ2v) is 8.72. The summed E-state index contributed by atoms with van der Waals surface area (Å²) in [7, 11) is 0. The van der Waals surface area contributed by atoms with E-state index >= 15 is 0 Å². The molecule has 0 unspecified atom stereocenters. The van der Waals surface area contributed by atoms with E-state index in [1.54, 1.807) is 6.33 Å². The Morgan fingerprint density at radius 2 is 1.43 bits per heavy atom. The first kappa shape index (κ1) is 24.4. The number of carbonyl (C=O) groups excluding carboxylic acids is 1. The number of halogens is 1. The maximum atomic E-state index is 13.3. The van der Waals surface area contributed by atoms with Gasteiger partial charge >= 0.3 is 0 Å². The van der Waals surface area contributed by atoms with Crippen LogP contribution in [0.2, 0.25) is 0 Å². The lowest BCUT2D eigenvalue weighted by Crippen LogP contribution is -3.00. The summed E-state index contributed by atoms with van der Waals surface area (Å²) in [6, 6.07) is 35.9. The van der Waals surface area contributed by atoms with Crippen molar-refractivity contribution in [2.24, 2.45) is 0 Å². The molecule has 0 N–H and O–H groups in total. The molecular formula is C31H24BrN3O2. The summed E-state index contributed by atoms with van der Waals surface area (Å²) in [4.78, 5) is 13.3. The summed E-state index contributed by atoms with van der Waals surface area (Å²) in [6.45, 7) is 0.741. The summed E-state index contributed by atoms with van der Waals surface area (Å²) in [6.07, 6.45) is 3.58. The monoisotopic (exact) mass is 549 g/mol. The molecule has 6 aromatic rings. The van der Waals surface area contributed by atoms with Crippen LogP contribution >= 0.6 is 0 Å². The Labute approximate surface area is 225 Å². The summed E-state index contributed by atoms with van der Waals surface area (Å²) >= 11 is 0. The molecule has 6 heteroatoms. The zero-order chi connectivity index (χ0) is 24.3. The molecule has 0 saturated carbocycles. The average molecular weight is 550 g/mol. The van der Waals surface area contributed by atoms with E-state index in [2.05, 4.69) is 11.2 Å². The average Bonchev–Trinajstić information content (AvgIpc) is 3.54. The molecule has 182 valence electrons. The first-order valence-electron chi connectivity index (χ1n) is 11.9. The van der Waals surface area contributed by atoms with Crippen molar-refractivity contribution in [1.29, 1.82) is 0 Å². The van der Waals surface area contributed by atoms with Gasteiger partial charge in [-0.3, -0.25) is 4.79 Å². The van der Waals surface area contributed by atoms with Gasteiger partial charge in [0.15, 0.2) is 5.78 Å². The third kappa shape index (κ3) is 5.01. The number of hydrogen-bond donors (Lipinski definition) is 0. The second kappa shape index (κ2) is 10.8. The Kier molecular flexibility index (Phi) is 7.10. The largest absolute Gasteiger partial charge is 1.00 e. The molecule has 0 aliphatic rings. The third-order valence-corrected chi connectivity index (χ3v) is 6.32. The Bertz CT molecular complexity index is 1660. The fourth-order valence-corrected chi connectivity index (χ4v) is 4.61. The number of Topliss-reactive ketones (excluding diaryl/α,β-unsaturated/α-hetero) is 1. The molecule has 0 bridgehead atoms. The maximum absolute atomic E-state index is 13.3. The molecule has 6 rings (SSSR count). The number of furan rings is 1. The van der Waals surface area contributed by atoms with Crippen LogP contribution in [-0.2, 0) is 13.1 Å². The minimum absolute atomic E-state index is 0. The Morgan fingerprint density at radius 1 is 0.784 bits per heavy atom. The molecule has 37 heavy (non-hydrogen) atoms. The Balaban J connectivity index is 0.00000280. The fourth-order valence-electron chi connectivity index (χ4n) is 4.61. The first-order valence-corrected chi connectivity index (χ1v) is 11.9. The van der Waals surface area contributed by atoms with Crippen LogP contribution in [-0.4, -0.2) is 15.6 Å². The summed E-state index contributed by atoms with van der Waals surface area (Å²) in [5.74, 6) is 0.879. The zero-order valence-corrected chi connectivity index (χ0v) is 21.6. The Morgan fingerprint density at radius 3 is 2.22 bits per heavy atom. The van der Waals surface area contributed by atoms with E-state index in [1.165, 1.54) is 0 Å². The Hall–Kier alpha value is -4.29. The molecule has 0 spiro atoms. The lowest BCUT2D eigenvalue weighted by atomic mass is 9.97. The van der Waals surface area contributed by atoms with E-state index in [4.69, 9.17) is 4.42 Å². The number of fused-ring (bicyclic) bond motifs is 1. The van der Waals surface area contributed by atoms with Gasteiger partial charge in [0, 0.05) is 27.2 Å². The van der Waals surface area contributed by atoms with Crippen molar-refractivity contribution in [1.82, 2.24) is 9.78 Å². The van der Waals surface area contributed by atoms with E-state index < -0.39 is 0 Å². The van der Waals surface area contributed by atoms with E-state index in [1.807, 2.05) is 119 Å². The van der Waals surface area contributed by atoms with Crippen LogP contribution in [0.4, 0.5) is 0 Å². The summed E-state index contributed by atoms with van der Waals surface area (Å²) in [5.41, 5.74) is 5.61. The van der Waals surface area contributed by atoms with Gasteiger partial charge in [-0.25, -0.2) is 4.57 Å². The van der Waals surface area contributed by atoms with E-state index in [0.29, 0.717) is 12.1 Å². The number of ketones is 1. The van der Waals surface area contributed by atoms with Crippen LogP contribution in [0.1, 0.15) is 15.9 Å². The van der Waals surface area contributed by atoms with Crippen molar-refractivity contribution in [2.75, 3.05) is 0 Å². The van der Waals surface area contributed by atoms with Crippen LogP contribution in [0.3, 0.4) is 0 Å². The van der Waals surface area contributed by atoms with Crippen molar-refractivity contribution in [3.63, 3.8) is 0 Å². The SMILES string of the molecule is O=C(C[n+]1cnn(Cc2c(-c3ccccc3)oc3ccccc23)c1)c1ccccc1-c1ccccc1.[Br-]. The second-order valence-electron chi connectivity index (χ2n) is 8.72. The molecule has 5 nitrogen and oxygen atoms in total. The molecule has 2 aromatic heterocycles. The highest BCUT2D eigenvalue weighted by molar-refractivity contribution is 6.01. The molecule has 0 saturated heterocycles. The highest BCUT2D eigenvalue weighted by Crippen LogP contribution is 2.34. The molecule has 0 radical (unpaired) electrons. The number of aromatic nitrogens is 3. The van der Waals surface area contributed by atoms with Gasteiger partial charge in [0.1, 0.15) is 24.4 Å². The highest BCUT2D eigenvalue weighted by atomic mass is 79.9. The molecule has 0 aliphatic heterocycles. The molecular weight excluding hydrogens is 526 g/mol. The van der Waals surface area contributed by atoms with Gasteiger partial charge in [0.2, 0.25) is 6.33 Å². The van der Waals surface area contributed by atoms with Gasteiger partial charge in [-0.2, -0.15) is 0 Å². The molecule has 0 aliphatic carbocycles. The first-order chi connectivity index (χ1) is 17.8. The smallest absolute Gasteiger partial charge is 0.265 e. The van der Waals surface area contributed by atoms with Gasteiger partial charge in [0.25, 0.3) is 6.33 Å². The number of carbonyl (C=O) groups is 1. The van der Waals surface area contributed by atoms with Crippen molar-refractivity contribution < 1.29 is 30.8 Å². The lowest BCUT2D eigenvalue weighted by Gasteiger charge is -2.08. The number of nitrogens with zero attached hydrogens (tertiary/aromatic N) is 3. The molecule has 4 aromatic carbocycles. The standard InChI is InChI=1S/C31H24N3O2.BrH/c35-29(26-16-8-7-15-25(26)23-11-3-1-4-12-23)20-33-21-32-34(22-33)19-28-27-17-9-10-18-30(27)36-31(28)24-13-5-2-6-14-24;/h1-18,21-22H,19-20H2;1H/q+1;/p-1. The number of hydrogen-bond acceptors (Lipinski definition) is 3. The number of para-hydroxylation sites is 1. The van der Waals surface area contributed by atoms with Gasteiger partial charge in [-0.15, -0.1) is 4.68 Å². The van der Waals surface area contributed by atoms with E-state index in [9.17, 15) is 4.79 Å². The minimum atomic E-state index is 0. The fraction of sp³-hybridized carbons (Fsp3) is 0.0645. The predicted octanol–water partition coefficient (Wildman–Crippen LogP) is 3.19. The van der Waals surface area contributed by atoms with Gasteiger partial charge in [-0.05, 0) is 17.2 Å². The van der Waals surface area contributed by atoms with Crippen molar-refractivity contribution in [3.05, 3.63) is 133 Å². The summed E-state index contributed by atoms with van der Waals surface area (Å²) < 4.78 is 9.92. The van der Waals surface area contributed by atoms with Crippen LogP contribution in [0.15, 0.2) is 126 Å². The van der Waals surface area contributed by atoms with Gasteiger partial charge in [-0.1, -0.05) is 103 Å². The molecule has 0 amide bonds. The molecule has 0 fully saturated rings. The van der Waals surface area contributed by atoms with E-state index in [-0.39, 0.29) is 29.3 Å². The number of benzene rings is 4. The normalized spacial score (nSPS) is 10.8. The minimum Gasteiger partial charge on any atom is -1.00 e. The highest BCUT2D eigenvalue weighted by Gasteiger charge is 2.20. The molecule has 2 heterocycles. The summed E-state index contributed by atoms with van der Waals surface area (Å²) in [5, 5.41) is 5.61. The maximum Gasteiger partial charge on any atom is 0.265 e. The predicted molar refractivity (Wildman–Crippen MR) is 139 cm³/mol. The van der Waals surface area contributed by atoms with Crippen molar-refractivity contribution in [3.8, 4) is 22.5 Å². The van der Waals surface area contributed by atoms with Crippen LogP contribution in [0.5, 0.6) is 0 Å². The molecule has 0 atom stereocenters. The quantitative estimate of drug-likeness (QED) is 0.227. The van der Waals surface area contributed by atoms with Gasteiger partial charge in [0.05, 0.1) is 0 Å². The van der Waals surface area contributed by atoms with Crippen LogP contribution in [0.25, 0.3) is 33.4 Å². The van der Waals surface area contributed by atoms with Crippen LogP contribution in [0, 0.1) is 0 Å². The van der Waals surface area contributed by atoms with Gasteiger partial charge < -0.3 is 21.4 Å². The number of rotatable bonds is 7. The third-order valence-electron chi connectivity index (χ3n) is 6.32. The van der Waals surface area contributed by atoms with Crippen molar-refractivity contribution in [2.45, 2.75) is 13.1 Å². The topological polar surface area (TPSA) is 51.9 Å². The van der Waals surface area contributed by atoms with Crippen LogP contribution < -0.4 is 21.5 Å². The van der Waals surface area contributed by atoms with Crippen molar-refractivity contribution >= 4 is 16.8 Å².